The lowest BCUT2D eigenvalue weighted by atomic mass is 10.2. The molecule has 0 atom stereocenters. The van der Waals surface area contributed by atoms with Crippen LogP contribution in [0.3, 0.4) is 0 Å². The van der Waals surface area contributed by atoms with Crippen molar-refractivity contribution in [2.24, 2.45) is 0 Å². The molecule has 0 fully saturated rings. The van der Waals surface area contributed by atoms with E-state index in [4.69, 9.17) is 0 Å². The normalized spacial score (nSPS) is 11.2. The number of aromatic nitrogens is 2. The van der Waals surface area contributed by atoms with Gasteiger partial charge in [0.25, 0.3) is 0 Å². The summed E-state index contributed by atoms with van der Waals surface area (Å²) in [5, 5.41) is 7.84. The summed E-state index contributed by atoms with van der Waals surface area (Å²) in [6, 6.07) is 7.08. The highest BCUT2D eigenvalue weighted by Gasteiger charge is 2.06. The number of nitrogens with one attached hydrogen (secondary N) is 1. The average molecular weight is 261 g/mol. The van der Waals surface area contributed by atoms with Gasteiger partial charge < -0.3 is 5.32 Å². The summed E-state index contributed by atoms with van der Waals surface area (Å²) in [7, 11) is 0. The standard InChI is InChI=1S/C15H20FN3/c1-11(2)17-8-14-10-19(18-12(14)3)9-13-5-4-6-15(16)7-13/h4-7,10-11,17H,8-9H2,1-3H3. The van der Waals surface area contributed by atoms with Gasteiger partial charge >= 0.3 is 0 Å². The zero-order chi connectivity index (χ0) is 13.8. The quantitative estimate of drug-likeness (QED) is 0.897. The Balaban J connectivity index is 2.07. The Bertz CT molecular complexity index is 546. The van der Waals surface area contributed by atoms with Crippen LogP contribution in [0.1, 0.15) is 30.7 Å². The number of hydrogen-bond donors (Lipinski definition) is 1. The van der Waals surface area contributed by atoms with Crippen molar-refractivity contribution >= 4 is 0 Å². The summed E-state index contributed by atoms with van der Waals surface area (Å²) in [4.78, 5) is 0. The van der Waals surface area contributed by atoms with Crippen LogP contribution in [0, 0.1) is 12.7 Å². The van der Waals surface area contributed by atoms with E-state index < -0.39 is 0 Å². The van der Waals surface area contributed by atoms with E-state index >= 15 is 0 Å². The minimum atomic E-state index is -0.205. The molecule has 1 heterocycles. The molecule has 1 N–H and O–H groups in total. The van der Waals surface area contributed by atoms with Gasteiger partial charge in [0.05, 0.1) is 12.2 Å². The topological polar surface area (TPSA) is 29.9 Å². The fourth-order valence-corrected chi connectivity index (χ4v) is 1.95. The van der Waals surface area contributed by atoms with E-state index in [0.29, 0.717) is 12.6 Å². The van der Waals surface area contributed by atoms with Crippen LogP contribution in [0.2, 0.25) is 0 Å². The second kappa shape index (κ2) is 5.97. The van der Waals surface area contributed by atoms with Gasteiger partial charge in [-0.3, -0.25) is 4.68 Å². The maximum absolute atomic E-state index is 13.1. The summed E-state index contributed by atoms with van der Waals surface area (Å²) in [6.07, 6.45) is 2.02. The molecule has 19 heavy (non-hydrogen) atoms. The van der Waals surface area contributed by atoms with Crippen molar-refractivity contribution in [1.29, 1.82) is 0 Å². The van der Waals surface area contributed by atoms with Crippen molar-refractivity contribution < 1.29 is 4.39 Å². The van der Waals surface area contributed by atoms with E-state index in [1.54, 1.807) is 12.1 Å². The zero-order valence-electron chi connectivity index (χ0n) is 11.7. The lowest BCUT2D eigenvalue weighted by Gasteiger charge is -2.06. The molecule has 4 heteroatoms. The Morgan fingerprint density at radius 3 is 2.84 bits per heavy atom. The van der Waals surface area contributed by atoms with Crippen LogP contribution in [0.25, 0.3) is 0 Å². The van der Waals surface area contributed by atoms with Crippen LogP contribution in [0.15, 0.2) is 30.5 Å². The lowest BCUT2D eigenvalue weighted by molar-refractivity contribution is 0.587. The molecule has 0 spiro atoms. The molecule has 2 aromatic rings. The molecule has 102 valence electrons. The Kier molecular flexibility index (Phi) is 4.32. The minimum Gasteiger partial charge on any atom is -0.310 e. The second-order valence-corrected chi connectivity index (χ2v) is 5.10. The summed E-state index contributed by atoms with van der Waals surface area (Å²) in [5.74, 6) is -0.205. The van der Waals surface area contributed by atoms with Gasteiger partial charge in [0.2, 0.25) is 0 Å². The molecule has 0 radical (unpaired) electrons. The number of benzene rings is 1. The number of nitrogens with zero attached hydrogens (tertiary/aromatic N) is 2. The average Bonchev–Trinajstić information content (AvgIpc) is 2.67. The van der Waals surface area contributed by atoms with E-state index in [-0.39, 0.29) is 5.82 Å². The van der Waals surface area contributed by atoms with E-state index in [1.807, 2.05) is 23.9 Å². The first kappa shape index (κ1) is 13.7. The molecular weight excluding hydrogens is 241 g/mol. The van der Waals surface area contributed by atoms with Gasteiger partial charge in [-0.2, -0.15) is 5.10 Å². The lowest BCUT2D eigenvalue weighted by Crippen LogP contribution is -2.21. The molecule has 0 unspecified atom stereocenters. The SMILES string of the molecule is Cc1nn(Cc2cccc(F)c2)cc1CNC(C)C. The predicted octanol–water partition coefficient (Wildman–Crippen LogP) is 2.88. The number of rotatable bonds is 5. The summed E-state index contributed by atoms with van der Waals surface area (Å²) in [6.45, 7) is 7.64. The number of halogens is 1. The molecule has 3 nitrogen and oxygen atoms in total. The number of aryl methyl sites for hydroxylation is 1. The van der Waals surface area contributed by atoms with Gasteiger partial charge in [0.1, 0.15) is 5.82 Å². The van der Waals surface area contributed by atoms with Gasteiger partial charge in [-0.05, 0) is 24.6 Å². The molecule has 0 bridgehead atoms. The fourth-order valence-electron chi connectivity index (χ4n) is 1.95. The van der Waals surface area contributed by atoms with Crippen LogP contribution >= 0.6 is 0 Å². The van der Waals surface area contributed by atoms with Gasteiger partial charge in [-0.25, -0.2) is 4.39 Å². The zero-order valence-corrected chi connectivity index (χ0v) is 11.7. The van der Waals surface area contributed by atoms with Crippen LogP contribution in [0.4, 0.5) is 4.39 Å². The Labute approximate surface area is 113 Å². The van der Waals surface area contributed by atoms with Gasteiger partial charge in [0, 0.05) is 24.3 Å². The first-order valence-corrected chi connectivity index (χ1v) is 6.55. The van der Waals surface area contributed by atoms with E-state index in [9.17, 15) is 4.39 Å². The molecule has 0 amide bonds. The Morgan fingerprint density at radius 1 is 1.37 bits per heavy atom. The highest BCUT2D eigenvalue weighted by atomic mass is 19.1. The largest absolute Gasteiger partial charge is 0.310 e. The molecule has 0 aliphatic carbocycles. The van der Waals surface area contributed by atoms with Crippen molar-refractivity contribution in [3.8, 4) is 0 Å². The van der Waals surface area contributed by atoms with Gasteiger partial charge in [0.15, 0.2) is 0 Å². The maximum atomic E-state index is 13.1. The van der Waals surface area contributed by atoms with Gasteiger partial charge in [-0.15, -0.1) is 0 Å². The molecule has 0 aliphatic heterocycles. The monoisotopic (exact) mass is 261 g/mol. The van der Waals surface area contributed by atoms with Crippen molar-refractivity contribution in [3.63, 3.8) is 0 Å². The van der Waals surface area contributed by atoms with E-state index in [1.165, 1.54) is 11.6 Å². The van der Waals surface area contributed by atoms with Crippen LogP contribution < -0.4 is 5.32 Å². The summed E-state index contributed by atoms with van der Waals surface area (Å²) < 4.78 is 15.0. The highest BCUT2D eigenvalue weighted by Crippen LogP contribution is 2.09. The third kappa shape index (κ3) is 3.89. The van der Waals surface area contributed by atoms with Crippen LogP contribution in [-0.2, 0) is 13.1 Å². The molecule has 0 aliphatic rings. The smallest absolute Gasteiger partial charge is 0.123 e. The molecule has 1 aromatic heterocycles. The minimum absolute atomic E-state index is 0.205. The summed E-state index contributed by atoms with van der Waals surface area (Å²) in [5.41, 5.74) is 3.13. The van der Waals surface area contributed by atoms with Gasteiger partial charge in [-0.1, -0.05) is 26.0 Å². The Hall–Kier alpha value is -1.68. The van der Waals surface area contributed by atoms with E-state index in [0.717, 1.165) is 17.8 Å². The molecule has 0 saturated carbocycles. The molecule has 2 rings (SSSR count). The summed E-state index contributed by atoms with van der Waals surface area (Å²) >= 11 is 0. The van der Waals surface area contributed by atoms with Crippen molar-refractivity contribution in [1.82, 2.24) is 15.1 Å². The van der Waals surface area contributed by atoms with E-state index in [2.05, 4.69) is 24.3 Å². The first-order chi connectivity index (χ1) is 9.04. The van der Waals surface area contributed by atoms with Crippen LogP contribution in [-0.4, -0.2) is 15.8 Å². The third-order valence-electron chi connectivity index (χ3n) is 2.98. The highest BCUT2D eigenvalue weighted by molar-refractivity contribution is 5.19. The second-order valence-electron chi connectivity index (χ2n) is 5.10. The van der Waals surface area contributed by atoms with Crippen molar-refractivity contribution in [3.05, 3.63) is 53.1 Å². The van der Waals surface area contributed by atoms with Crippen LogP contribution in [0.5, 0.6) is 0 Å². The van der Waals surface area contributed by atoms with Crippen molar-refractivity contribution in [2.75, 3.05) is 0 Å². The molecule has 0 saturated heterocycles. The molecule has 1 aromatic carbocycles. The maximum Gasteiger partial charge on any atom is 0.123 e. The predicted molar refractivity (Wildman–Crippen MR) is 74.4 cm³/mol. The number of hydrogen-bond acceptors (Lipinski definition) is 2. The molecular formula is C15H20FN3. The fraction of sp³-hybridized carbons (Fsp3) is 0.400. The third-order valence-corrected chi connectivity index (χ3v) is 2.98. The van der Waals surface area contributed by atoms with Crippen molar-refractivity contribution in [2.45, 2.75) is 39.9 Å². The first-order valence-electron chi connectivity index (χ1n) is 6.55. The Morgan fingerprint density at radius 2 is 2.16 bits per heavy atom.